The van der Waals surface area contributed by atoms with Crippen LogP contribution in [0, 0.1) is 0 Å². The molecule has 0 N–H and O–H groups in total. The van der Waals surface area contributed by atoms with E-state index in [1.165, 1.54) is 12.4 Å². The quantitative estimate of drug-likeness (QED) is 0.722. The van der Waals surface area contributed by atoms with Crippen LogP contribution in [0.2, 0.25) is 5.02 Å². The maximum Gasteiger partial charge on any atom is 0.408 e. The number of benzene rings is 1. The van der Waals surface area contributed by atoms with Gasteiger partial charge in [-0.1, -0.05) is 17.7 Å². The maximum atomic E-state index is 12.5. The van der Waals surface area contributed by atoms with Gasteiger partial charge >= 0.3 is 6.18 Å². The summed E-state index contributed by atoms with van der Waals surface area (Å²) < 4.78 is 39.1. The van der Waals surface area contributed by atoms with Crippen LogP contribution in [0.1, 0.15) is 5.82 Å². The molecule has 0 aliphatic heterocycles. The van der Waals surface area contributed by atoms with E-state index >= 15 is 0 Å². The second kappa shape index (κ2) is 5.61. The van der Waals surface area contributed by atoms with Gasteiger partial charge in [-0.05, 0) is 22.6 Å². The molecule has 2 heterocycles. The Kier molecular flexibility index (Phi) is 3.76. The van der Waals surface area contributed by atoms with Crippen molar-refractivity contribution in [1.82, 2.24) is 29.8 Å². The Bertz CT molecular complexity index is 919. The van der Waals surface area contributed by atoms with Gasteiger partial charge in [0.25, 0.3) is 5.56 Å². The predicted octanol–water partition coefficient (Wildman–Crippen LogP) is 1.65. The van der Waals surface area contributed by atoms with Crippen LogP contribution in [-0.4, -0.2) is 35.9 Å². The molecule has 2 aromatic heterocycles. The van der Waals surface area contributed by atoms with Gasteiger partial charge in [-0.3, -0.25) is 9.36 Å². The molecule has 0 spiro atoms. The summed E-state index contributed by atoms with van der Waals surface area (Å²) >= 11 is 5.99. The Balaban J connectivity index is 2.00. The van der Waals surface area contributed by atoms with Gasteiger partial charge in [-0.15, -0.1) is 5.10 Å². The maximum absolute atomic E-state index is 12.5. The van der Waals surface area contributed by atoms with Gasteiger partial charge < -0.3 is 0 Å². The fourth-order valence-electron chi connectivity index (χ4n) is 2.05. The monoisotopic (exact) mass is 344 g/mol. The molecule has 0 radical (unpaired) electrons. The molecule has 3 rings (SSSR count). The van der Waals surface area contributed by atoms with E-state index < -0.39 is 18.3 Å². The Morgan fingerprint density at radius 2 is 2.04 bits per heavy atom. The van der Waals surface area contributed by atoms with Crippen molar-refractivity contribution in [1.29, 1.82) is 0 Å². The van der Waals surface area contributed by atoms with E-state index in [0.717, 1.165) is 4.57 Å². The Labute approximate surface area is 131 Å². The van der Waals surface area contributed by atoms with Gasteiger partial charge in [0.1, 0.15) is 6.54 Å². The van der Waals surface area contributed by atoms with Crippen LogP contribution in [0.3, 0.4) is 0 Å². The minimum absolute atomic E-state index is 0.113. The van der Waals surface area contributed by atoms with Crippen molar-refractivity contribution in [2.45, 2.75) is 19.3 Å². The van der Waals surface area contributed by atoms with Crippen molar-refractivity contribution >= 4 is 22.5 Å². The molecule has 0 aliphatic rings. The van der Waals surface area contributed by atoms with E-state index in [0.29, 0.717) is 10.2 Å². The van der Waals surface area contributed by atoms with Gasteiger partial charge in [-0.25, -0.2) is 9.67 Å². The molecule has 23 heavy (non-hydrogen) atoms. The zero-order chi connectivity index (χ0) is 16.6. The van der Waals surface area contributed by atoms with Crippen molar-refractivity contribution in [3.63, 3.8) is 0 Å². The molecule has 0 fully saturated rings. The molecular weight excluding hydrogens is 337 g/mol. The Morgan fingerprint density at radius 3 is 2.78 bits per heavy atom. The van der Waals surface area contributed by atoms with Crippen molar-refractivity contribution in [3.05, 3.63) is 45.7 Å². The highest BCUT2D eigenvalue weighted by molar-refractivity contribution is 6.35. The first-order valence-corrected chi connectivity index (χ1v) is 6.68. The summed E-state index contributed by atoms with van der Waals surface area (Å²) in [6.07, 6.45) is -3.26. The number of hydrogen-bond donors (Lipinski definition) is 0. The lowest BCUT2D eigenvalue weighted by Gasteiger charge is -2.09. The summed E-state index contributed by atoms with van der Waals surface area (Å²) in [7, 11) is 0. The smallest absolute Gasteiger partial charge is 0.291 e. The molecule has 0 bridgehead atoms. The molecule has 0 saturated carbocycles. The van der Waals surface area contributed by atoms with Crippen molar-refractivity contribution in [3.8, 4) is 0 Å². The molecule has 3 aromatic rings. The Hall–Kier alpha value is -2.49. The number of aromatic nitrogens is 6. The standard InChI is InChI=1S/C12H8ClF3N6O/c13-7-2-1-3-8-10(7)11(23)21(6-17-8)4-9-18-19-20-22(9)5-12(14,15)16/h1-3,6H,4-5H2. The van der Waals surface area contributed by atoms with Crippen molar-refractivity contribution in [2.75, 3.05) is 0 Å². The minimum Gasteiger partial charge on any atom is -0.291 e. The first-order valence-electron chi connectivity index (χ1n) is 6.30. The SMILES string of the molecule is O=c1c2c(Cl)cccc2ncn1Cc1nnnn1CC(F)(F)F. The number of halogens is 4. The number of fused-ring (bicyclic) bond motifs is 1. The summed E-state index contributed by atoms with van der Waals surface area (Å²) in [6, 6.07) is 4.79. The van der Waals surface area contributed by atoms with Crippen LogP contribution < -0.4 is 5.56 Å². The fraction of sp³-hybridized carbons (Fsp3) is 0.250. The topological polar surface area (TPSA) is 78.5 Å². The molecule has 1 aromatic carbocycles. The van der Waals surface area contributed by atoms with E-state index in [9.17, 15) is 18.0 Å². The first-order chi connectivity index (χ1) is 10.8. The third-order valence-corrected chi connectivity index (χ3v) is 3.36. The fourth-order valence-corrected chi connectivity index (χ4v) is 2.30. The summed E-state index contributed by atoms with van der Waals surface area (Å²) in [6.45, 7) is -1.60. The molecule has 11 heteroatoms. The third kappa shape index (κ3) is 3.16. The van der Waals surface area contributed by atoms with Crippen molar-refractivity contribution in [2.24, 2.45) is 0 Å². The van der Waals surface area contributed by atoms with E-state index in [1.807, 2.05) is 0 Å². The van der Waals surface area contributed by atoms with Crippen molar-refractivity contribution < 1.29 is 13.2 Å². The number of nitrogens with zero attached hydrogens (tertiary/aromatic N) is 6. The second-order valence-electron chi connectivity index (χ2n) is 4.68. The van der Waals surface area contributed by atoms with Gasteiger partial charge in [0.2, 0.25) is 0 Å². The highest BCUT2D eigenvalue weighted by Crippen LogP contribution is 2.19. The molecule has 0 saturated heterocycles. The average Bonchev–Trinajstić information content (AvgIpc) is 2.87. The van der Waals surface area contributed by atoms with Gasteiger partial charge in [-0.2, -0.15) is 13.2 Å². The molecule has 0 atom stereocenters. The largest absolute Gasteiger partial charge is 0.408 e. The number of tetrazole rings is 1. The first kappa shape index (κ1) is 15.4. The van der Waals surface area contributed by atoms with Gasteiger partial charge in [0, 0.05) is 0 Å². The van der Waals surface area contributed by atoms with Gasteiger partial charge in [0.15, 0.2) is 5.82 Å². The molecule has 0 unspecified atom stereocenters. The highest BCUT2D eigenvalue weighted by atomic mass is 35.5. The van der Waals surface area contributed by atoms with Crippen LogP contribution in [0.4, 0.5) is 13.2 Å². The lowest BCUT2D eigenvalue weighted by atomic mass is 10.2. The zero-order valence-electron chi connectivity index (χ0n) is 11.3. The normalized spacial score (nSPS) is 12.0. The summed E-state index contributed by atoms with van der Waals surface area (Å²) in [5.41, 5.74) is -0.0872. The van der Waals surface area contributed by atoms with E-state index in [2.05, 4.69) is 20.5 Å². The second-order valence-corrected chi connectivity index (χ2v) is 5.09. The van der Waals surface area contributed by atoms with E-state index in [-0.39, 0.29) is 22.8 Å². The summed E-state index contributed by atoms with van der Waals surface area (Å²) in [5.74, 6) is -0.113. The average molecular weight is 345 g/mol. The molecule has 120 valence electrons. The van der Waals surface area contributed by atoms with E-state index in [1.54, 1.807) is 12.1 Å². The van der Waals surface area contributed by atoms with Crippen LogP contribution in [0.5, 0.6) is 0 Å². The van der Waals surface area contributed by atoms with Crippen LogP contribution >= 0.6 is 11.6 Å². The molecule has 0 aliphatic carbocycles. The van der Waals surface area contributed by atoms with E-state index in [4.69, 9.17) is 11.6 Å². The zero-order valence-corrected chi connectivity index (χ0v) is 12.1. The molecular formula is C12H8ClF3N6O. The third-order valence-electron chi connectivity index (χ3n) is 3.05. The lowest BCUT2D eigenvalue weighted by Crippen LogP contribution is -2.26. The summed E-state index contributed by atoms with van der Waals surface area (Å²) in [4.78, 5) is 16.5. The number of alkyl halides is 3. The van der Waals surface area contributed by atoms with Gasteiger partial charge in [0.05, 0.1) is 28.8 Å². The van der Waals surface area contributed by atoms with Crippen LogP contribution in [0.15, 0.2) is 29.3 Å². The molecule has 0 amide bonds. The number of rotatable bonds is 3. The van der Waals surface area contributed by atoms with Crippen LogP contribution in [0.25, 0.3) is 10.9 Å². The highest BCUT2D eigenvalue weighted by Gasteiger charge is 2.30. The van der Waals surface area contributed by atoms with Crippen LogP contribution in [-0.2, 0) is 13.1 Å². The Morgan fingerprint density at radius 1 is 1.26 bits per heavy atom. The number of hydrogen-bond acceptors (Lipinski definition) is 5. The minimum atomic E-state index is -4.47. The predicted molar refractivity (Wildman–Crippen MR) is 74.0 cm³/mol. The summed E-state index contributed by atoms with van der Waals surface area (Å²) in [5, 5.41) is 10.4. The molecule has 7 nitrogen and oxygen atoms in total. The lowest BCUT2D eigenvalue weighted by molar-refractivity contribution is -0.143.